The fraction of sp³-hybridized carbons (Fsp3) is 0.231. The Hall–Kier alpha value is -0.910. The zero-order chi connectivity index (χ0) is 13.1. The molecule has 2 rings (SSSR count). The number of hydrogen-bond donors (Lipinski definition) is 1. The maximum Gasteiger partial charge on any atom is 0.165 e. The van der Waals surface area contributed by atoms with E-state index >= 15 is 0 Å². The molecule has 1 N–H and O–H groups in total. The number of methoxy groups -OCH3 is 1. The maximum atomic E-state index is 13.3. The molecule has 5 heteroatoms. The molecule has 0 bridgehead atoms. The molecule has 0 saturated heterocycles. The van der Waals surface area contributed by atoms with Crippen LogP contribution in [0.15, 0.2) is 34.1 Å². The highest BCUT2D eigenvalue weighted by Gasteiger charge is 2.13. The van der Waals surface area contributed by atoms with Gasteiger partial charge in [0.15, 0.2) is 11.6 Å². The van der Waals surface area contributed by atoms with Crippen LogP contribution in [0.3, 0.4) is 0 Å². The molecule has 18 heavy (non-hydrogen) atoms. The van der Waals surface area contributed by atoms with Crippen molar-refractivity contribution in [2.75, 3.05) is 7.11 Å². The topological polar surface area (TPSA) is 29.5 Å². The Labute approximate surface area is 117 Å². The Morgan fingerprint density at radius 3 is 2.78 bits per heavy atom. The first-order valence-corrected chi connectivity index (χ1v) is 6.97. The third-order valence-electron chi connectivity index (χ3n) is 2.58. The molecule has 1 heterocycles. The molecular weight excluding hydrogens is 319 g/mol. The van der Waals surface area contributed by atoms with E-state index in [1.807, 2.05) is 12.1 Å². The van der Waals surface area contributed by atoms with E-state index in [4.69, 9.17) is 4.74 Å². The van der Waals surface area contributed by atoms with E-state index in [9.17, 15) is 9.50 Å². The molecule has 0 radical (unpaired) electrons. The standard InChI is InChI=1S/C13H12BrFO2S/c1-17-12-6-8(2-4-10(12)15)11(16)7-9-3-5-13(14)18-9/h2-6,11,16H,7H2,1H3. The van der Waals surface area contributed by atoms with Gasteiger partial charge in [-0.05, 0) is 45.8 Å². The predicted octanol–water partition coefficient (Wildman–Crippen LogP) is 3.93. The minimum Gasteiger partial charge on any atom is -0.494 e. The van der Waals surface area contributed by atoms with E-state index in [0.717, 1.165) is 8.66 Å². The normalized spacial score (nSPS) is 12.4. The average molecular weight is 331 g/mol. The van der Waals surface area contributed by atoms with Gasteiger partial charge in [0, 0.05) is 11.3 Å². The number of thiophene rings is 1. The summed E-state index contributed by atoms with van der Waals surface area (Å²) in [6, 6.07) is 8.31. The molecular formula is C13H12BrFO2S. The quantitative estimate of drug-likeness (QED) is 0.920. The molecule has 0 saturated carbocycles. The van der Waals surface area contributed by atoms with Gasteiger partial charge in [0.25, 0.3) is 0 Å². The van der Waals surface area contributed by atoms with Crippen molar-refractivity contribution in [2.24, 2.45) is 0 Å². The molecule has 2 nitrogen and oxygen atoms in total. The molecule has 1 aromatic heterocycles. The van der Waals surface area contributed by atoms with Gasteiger partial charge in [0.1, 0.15) is 0 Å². The van der Waals surface area contributed by atoms with Gasteiger partial charge in [0.2, 0.25) is 0 Å². The summed E-state index contributed by atoms with van der Waals surface area (Å²) in [5, 5.41) is 10.1. The zero-order valence-corrected chi connectivity index (χ0v) is 12.1. The summed E-state index contributed by atoms with van der Waals surface area (Å²) >= 11 is 4.95. The highest BCUT2D eigenvalue weighted by Crippen LogP contribution is 2.28. The van der Waals surface area contributed by atoms with Crippen molar-refractivity contribution in [3.05, 3.63) is 50.4 Å². The van der Waals surface area contributed by atoms with Crippen LogP contribution in [0.1, 0.15) is 16.5 Å². The van der Waals surface area contributed by atoms with E-state index in [2.05, 4.69) is 15.9 Å². The van der Waals surface area contributed by atoms with Crippen molar-refractivity contribution in [3.8, 4) is 5.75 Å². The van der Waals surface area contributed by atoms with Gasteiger partial charge in [-0.2, -0.15) is 0 Å². The van der Waals surface area contributed by atoms with E-state index in [1.165, 1.54) is 19.2 Å². The van der Waals surface area contributed by atoms with Crippen molar-refractivity contribution in [1.82, 2.24) is 0 Å². The first-order chi connectivity index (χ1) is 8.60. The number of ether oxygens (including phenoxy) is 1. The molecule has 0 fully saturated rings. The van der Waals surface area contributed by atoms with Crippen LogP contribution < -0.4 is 4.74 Å². The lowest BCUT2D eigenvalue weighted by Gasteiger charge is -2.11. The van der Waals surface area contributed by atoms with Crippen molar-refractivity contribution >= 4 is 27.3 Å². The van der Waals surface area contributed by atoms with Crippen LogP contribution >= 0.6 is 27.3 Å². The molecule has 1 atom stereocenters. The summed E-state index contributed by atoms with van der Waals surface area (Å²) in [6.45, 7) is 0. The Kier molecular flexibility index (Phi) is 4.37. The van der Waals surface area contributed by atoms with Gasteiger partial charge >= 0.3 is 0 Å². The van der Waals surface area contributed by atoms with Gasteiger partial charge < -0.3 is 9.84 Å². The number of aliphatic hydroxyl groups is 1. The van der Waals surface area contributed by atoms with Gasteiger partial charge in [-0.1, -0.05) is 6.07 Å². The Morgan fingerprint density at radius 2 is 2.17 bits per heavy atom. The first-order valence-electron chi connectivity index (χ1n) is 5.36. The fourth-order valence-electron chi connectivity index (χ4n) is 1.65. The second kappa shape index (κ2) is 5.82. The van der Waals surface area contributed by atoms with E-state index in [-0.39, 0.29) is 5.75 Å². The van der Waals surface area contributed by atoms with E-state index in [1.54, 1.807) is 17.4 Å². The summed E-state index contributed by atoms with van der Waals surface area (Å²) in [5.41, 5.74) is 0.651. The van der Waals surface area contributed by atoms with Crippen molar-refractivity contribution in [3.63, 3.8) is 0 Å². The summed E-state index contributed by atoms with van der Waals surface area (Å²) < 4.78 is 19.2. The van der Waals surface area contributed by atoms with Gasteiger partial charge in [-0.25, -0.2) is 4.39 Å². The number of halogens is 2. The number of hydrogen-bond acceptors (Lipinski definition) is 3. The predicted molar refractivity (Wildman–Crippen MR) is 73.6 cm³/mol. The Morgan fingerprint density at radius 1 is 1.39 bits per heavy atom. The molecule has 0 aliphatic carbocycles. The Balaban J connectivity index is 2.15. The van der Waals surface area contributed by atoms with Crippen LogP contribution in [-0.4, -0.2) is 12.2 Å². The average Bonchev–Trinajstić information content (AvgIpc) is 2.75. The lowest BCUT2D eigenvalue weighted by Crippen LogP contribution is -2.01. The minimum atomic E-state index is -0.662. The van der Waals surface area contributed by atoms with Crippen molar-refractivity contribution < 1.29 is 14.2 Å². The van der Waals surface area contributed by atoms with Crippen molar-refractivity contribution in [1.29, 1.82) is 0 Å². The molecule has 0 amide bonds. The van der Waals surface area contributed by atoms with Gasteiger partial charge in [0.05, 0.1) is 17.0 Å². The molecule has 0 aliphatic heterocycles. The van der Waals surface area contributed by atoms with Crippen LogP contribution in [-0.2, 0) is 6.42 Å². The first kappa shape index (κ1) is 13.5. The summed E-state index contributed by atoms with van der Waals surface area (Å²) in [4.78, 5) is 1.07. The maximum absolute atomic E-state index is 13.3. The molecule has 1 aromatic carbocycles. The second-order valence-electron chi connectivity index (χ2n) is 3.82. The SMILES string of the molecule is COc1cc(C(O)Cc2ccc(Br)s2)ccc1F. The van der Waals surface area contributed by atoms with E-state index < -0.39 is 11.9 Å². The number of benzene rings is 1. The molecule has 0 spiro atoms. The third-order valence-corrected chi connectivity index (χ3v) is 4.23. The molecule has 2 aromatic rings. The van der Waals surface area contributed by atoms with Crippen LogP contribution in [0.5, 0.6) is 5.75 Å². The number of rotatable bonds is 4. The monoisotopic (exact) mass is 330 g/mol. The highest BCUT2D eigenvalue weighted by atomic mass is 79.9. The smallest absolute Gasteiger partial charge is 0.165 e. The minimum absolute atomic E-state index is 0.152. The van der Waals surface area contributed by atoms with Gasteiger partial charge in [-0.15, -0.1) is 11.3 Å². The molecule has 96 valence electrons. The lowest BCUT2D eigenvalue weighted by atomic mass is 10.1. The van der Waals surface area contributed by atoms with Crippen LogP contribution in [0.2, 0.25) is 0 Å². The lowest BCUT2D eigenvalue weighted by molar-refractivity contribution is 0.179. The fourth-order valence-corrected chi connectivity index (χ4v) is 3.17. The van der Waals surface area contributed by atoms with Crippen LogP contribution in [0.25, 0.3) is 0 Å². The zero-order valence-electron chi connectivity index (χ0n) is 9.69. The molecule has 1 unspecified atom stereocenters. The second-order valence-corrected chi connectivity index (χ2v) is 6.37. The van der Waals surface area contributed by atoms with Crippen LogP contribution in [0, 0.1) is 5.82 Å². The third kappa shape index (κ3) is 3.10. The van der Waals surface area contributed by atoms with Crippen LogP contribution in [0.4, 0.5) is 4.39 Å². The summed E-state index contributed by atoms with van der Waals surface area (Å²) in [7, 11) is 1.41. The molecule has 0 aliphatic rings. The number of aliphatic hydroxyl groups excluding tert-OH is 1. The summed E-state index contributed by atoms with van der Waals surface area (Å²) in [5.74, 6) is -0.272. The van der Waals surface area contributed by atoms with Gasteiger partial charge in [-0.3, -0.25) is 0 Å². The highest BCUT2D eigenvalue weighted by molar-refractivity contribution is 9.11. The summed E-state index contributed by atoms with van der Waals surface area (Å²) in [6.07, 6.45) is -0.157. The van der Waals surface area contributed by atoms with Crippen molar-refractivity contribution in [2.45, 2.75) is 12.5 Å². The largest absolute Gasteiger partial charge is 0.494 e. The Bertz CT molecular complexity index is 542. The van der Waals surface area contributed by atoms with E-state index in [0.29, 0.717) is 12.0 Å².